The summed E-state index contributed by atoms with van der Waals surface area (Å²) in [6, 6.07) is 5.76. The number of ether oxygens (including phenoxy) is 1. The highest BCUT2D eigenvalue weighted by atomic mass is 16.6. The number of piperidine rings is 1. The molecule has 0 N–H and O–H groups in total. The van der Waals surface area contributed by atoms with Crippen LogP contribution in [-0.4, -0.2) is 50.0 Å². The van der Waals surface area contributed by atoms with Crippen LogP contribution in [0, 0.1) is 0 Å². The van der Waals surface area contributed by atoms with Gasteiger partial charge in [0.05, 0.1) is 0 Å². The van der Waals surface area contributed by atoms with Crippen LogP contribution in [-0.2, 0) is 14.9 Å². The molecule has 1 spiro atoms. The summed E-state index contributed by atoms with van der Waals surface area (Å²) in [6.45, 7) is 9.10. The summed E-state index contributed by atoms with van der Waals surface area (Å²) in [6.07, 6.45) is 1.33. The molecule has 0 aliphatic carbocycles. The Hall–Kier alpha value is -1.98. The molecule has 0 atom stereocenters. The van der Waals surface area contributed by atoms with Gasteiger partial charge in [0.2, 0.25) is 5.91 Å². The predicted octanol–water partition coefficient (Wildman–Crippen LogP) is 2.12. The van der Waals surface area contributed by atoms with Crippen LogP contribution in [0.25, 0.3) is 0 Å². The Kier molecular flexibility index (Phi) is 4.34. The molecule has 1 saturated heterocycles. The molecule has 25 heavy (non-hydrogen) atoms. The van der Waals surface area contributed by atoms with Gasteiger partial charge in [-0.15, -0.1) is 0 Å². The van der Waals surface area contributed by atoms with Crippen molar-refractivity contribution in [2.45, 2.75) is 51.6 Å². The summed E-state index contributed by atoms with van der Waals surface area (Å²) >= 11 is 0. The van der Waals surface area contributed by atoms with E-state index in [4.69, 9.17) is 12.6 Å². The number of amides is 2. The molecule has 2 radical (unpaired) electrons. The lowest BCUT2D eigenvalue weighted by Crippen LogP contribution is -2.48. The minimum Gasteiger partial charge on any atom is -0.444 e. The normalized spacial score (nSPS) is 19.0. The van der Waals surface area contributed by atoms with E-state index >= 15 is 0 Å². The summed E-state index contributed by atoms with van der Waals surface area (Å²) in [4.78, 5) is 28.0. The quantitative estimate of drug-likeness (QED) is 0.680. The molecule has 2 aliphatic rings. The van der Waals surface area contributed by atoms with Gasteiger partial charge in [0.1, 0.15) is 13.4 Å². The first-order valence-corrected chi connectivity index (χ1v) is 8.77. The molecule has 132 valence electrons. The highest BCUT2D eigenvalue weighted by molar-refractivity contribution is 6.32. The second-order valence-corrected chi connectivity index (χ2v) is 8.13. The van der Waals surface area contributed by atoms with Gasteiger partial charge < -0.3 is 14.5 Å². The van der Waals surface area contributed by atoms with Crippen LogP contribution in [0.4, 0.5) is 10.5 Å². The first-order chi connectivity index (χ1) is 11.6. The maximum absolute atomic E-state index is 12.3. The average molecular weight is 340 g/mol. The molecule has 2 heterocycles. The Morgan fingerprint density at radius 3 is 2.40 bits per heavy atom. The highest BCUT2D eigenvalue weighted by Gasteiger charge is 2.46. The number of hydrogen-bond acceptors (Lipinski definition) is 3. The molecule has 1 fully saturated rings. The summed E-state index contributed by atoms with van der Waals surface area (Å²) in [5.41, 5.74) is 2.16. The molecule has 2 aliphatic heterocycles. The van der Waals surface area contributed by atoms with Crippen molar-refractivity contribution in [3.8, 4) is 0 Å². The third-order valence-corrected chi connectivity index (χ3v) is 5.10. The number of carbonyl (C=O) groups is 2. The Morgan fingerprint density at radius 2 is 1.84 bits per heavy atom. The largest absolute Gasteiger partial charge is 0.444 e. The topological polar surface area (TPSA) is 49.9 Å². The first kappa shape index (κ1) is 17.8. The molecule has 0 aromatic heterocycles. The van der Waals surface area contributed by atoms with Gasteiger partial charge in [0.15, 0.2) is 0 Å². The second-order valence-electron chi connectivity index (χ2n) is 8.13. The van der Waals surface area contributed by atoms with E-state index in [1.165, 1.54) is 0 Å². The predicted molar refractivity (Wildman–Crippen MR) is 98.6 cm³/mol. The molecule has 6 heteroatoms. The fourth-order valence-corrected chi connectivity index (χ4v) is 3.84. The van der Waals surface area contributed by atoms with Crippen LogP contribution in [0.2, 0.25) is 0 Å². The summed E-state index contributed by atoms with van der Waals surface area (Å²) in [7, 11) is 6.00. The van der Waals surface area contributed by atoms with Gasteiger partial charge >= 0.3 is 6.09 Å². The van der Waals surface area contributed by atoms with E-state index in [2.05, 4.69) is 0 Å². The smallest absolute Gasteiger partial charge is 0.410 e. The molecule has 2 amide bonds. The van der Waals surface area contributed by atoms with Crippen molar-refractivity contribution >= 4 is 31.0 Å². The minimum atomic E-state index is -0.494. The zero-order valence-electron chi connectivity index (χ0n) is 15.5. The van der Waals surface area contributed by atoms with Crippen molar-refractivity contribution in [3.63, 3.8) is 0 Å². The maximum Gasteiger partial charge on any atom is 0.410 e. The van der Waals surface area contributed by atoms with Crippen LogP contribution in [0.3, 0.4) is 0 Å². The monoisotopic (exact) mass is 340 g/mol. The fourth-order valence-electron chi connectivity index (χ4n) is 3.84. The fraction of sp³-hybridized carbons (Fsp3) is 0.579. The lowest BCUT2D eigenvalue weighted by atomic mass is 9.73. The van der Waals surface area contributed by atoms with Crippen molar-refractivity contribution in [1.82, 2.24) is 4.90 Å². The summed E-state index contributed by atoms with van der Waals surface area (Å²) in [5.74, 6) is 0.0393. The molecule has 0 unspecified atom stereocenters. The van der Waals surface area contributed by atoms with E-state index in [1.807, 2.05) is 43.9 Å². The number of benzene rings is 1. The van der Waals surface area contributed by atoms with E-state index in [-0.39, 0.29) is 17.4 Å². The van der Waals surface area contributed by atoms with Crippen LogP contribution >= 0.6 is 0 Å². The number of likely N-dealkylation sites (tertiary alicyclic amines) is 1. The second kappa shape index (κ2) is 6.08. The highest BCUT2D eigenvalue weighted by Crippen LogP contribution is 2.46. The van der Waals surface area contributed by atoms with E-state index in [0.29, 0.717) is 25.1 Å². The zero-order chi connectivity index (χ0) is 18.4. The van der Waals surface area contributed by atoms with Gasteiger partial charge in [-0.2, -0.15) is 0 Å². The van der Waals surface area contributed by atoms with Gasteiger partial charge in [-0.25, -0.2) is 4.79 Å². The lowest BCUT2D eigenvalue weighted by Gasteiger charge is -2.40. The number of carbonyl (C=O) groups excluding carboxylic acids is 2. The molecular formula is C19H25BN2O3. The molecule has 0 bridgehead atoms. The molecular weight excluding hydrogens is 315 g/mol. The van der Waals surface area contributed by atoms with Crippen molar-refractivity contribution in [2.75, 3.05) is 24.5 Å². The molecule has 1 aromatic carbocycles. The van der Waals surface area contributed by atoms with Gasteiger partial charge in [-0.3, -0.25) is 4.79 Å². The zero-order valence-corrected chi connectivity index (χ0v) is 15.5. The van der Waals surface area contributed by atoms with Crippen molar-refractivity contribution in [2.24, 2.45) is 0 Å². The van der Waals surface area contributed by atoms with Crippen molar-refractivity contribution < 1.29 is 14.3 Å². The van der Waals surface area contributed by atoms with Crippen LogP contribution in [0.5, 0.6) is 0 Å². The van der Waals surface area contributed by atoms with Crippen molar-refractivity contribution in [1.29, 1.82) is 0 Å². The van der Waals surface area contributed by atoms with E-state index in [0.717, 1.165) is 24.1 Å². The number of hydrogen-bond donors (Lipinski definition) is 0. The summed E-state index contributed by atoms with van der Waals surface area (Å²) < 4.78 is 5.48. The number of fused-ring (bicyclic) bond motifs is 2. The molecule has 3 rings (SSSR count). The molecule has 1 aromatic rings. The lowest BCUT2D eigenvalue weighted by molar-refractivity contribution is -0.116. The van der Waals surface area contributed by atoms with Gasteiger partial charge in [-0.1, -0.05) is 17.6 Å². The van der Waals surface area contributed by atoms with E-state index < -0.39 is 5.60 Å². The van der Waals surface area contributed by atoms with Gasteiger partial charge in [0, 0.05) is 37.7 Å². The maximum atomic E-state index is 12.3. The number of anilines is 1. The van der Waals surface area contributed by atoms with E-state index in [1.54, 1.807) is 11.8 Å². The average Bonchev–Trinajstić information content (AvgIpc) is 2.81. The minimum absolute atomic E-state index is 0.0393. The first-order valence-electron chi connectivity index (χ1n) is 8.77. The SMILES string of the molecule is [B]c1ccc2c(c1)C1(CCN(C(=O)OC(C)(C)C)CC1)CN2C(C)=O. The Labute approximate surface area is 150 Å². The number of rotatable bonds is 0. The Balaban J connectivity index is 1.80. The van der Waals surface area contributed by atoms with Crippen molar-refractivity contribution in [3.05, 3.63) is 23.8 Å². The Bertz CT molecular complexity index is 703. The number of nitrogens with zero attached hydrogens (tertiary/aromatic N) is 2. The van der Waals surface area contributed by atoms with Crippen LogP contribution < -0.4 is 10.4 Å². The van der Waals surface area contributed by atoms with Crippen LogP contribution in [0.1, 0.15) is 46.1 Å². The van der Waals surface area contributed by atoms with Gasteiger partial charge in [0.25, 0.3) is 0 Å². The third-order valence-electron chi connectivity index (χ3n) is 5.10. The van der Waals surface area contributed by atoms with Gasteiger partial charge in [-0.05, 0) is 45.2 Å². The third kappa shape index (κ3) is 3.39. The standard InChI is InChI=1S/C19H25BN2O3/c1-13(23)22-12-19(15-11-14(20)5-6-16(15)22)7-9-21(10-8-19)17(24)25-18(2,3)4/h5-6,11H,7-10,12H2,1-4H3. The summed E-state index contributed by atoms with van der Waals surface area (Å²) in [5, 5.41) is 0. The van der Waals surface area contributed by atoms with E-state index in [9.17, 15) is 9.59 Å². The molecule has 5 nitrogen and oxygen atoms in total. The van der Waals surface area contributed by atoms with Crippen LogP contribution in [0.15, 0.2) is 18.2 Å². The molecule has 0 saturated carbocycles. The Morgan fingerprint density at radius 1 is 1.20 bits per heavy atom.